The molecule has 4 nitrogen and oxygen atoms in total. The first kappa shape index (κ1) is 13.3. The van der Waals surface area contributed by atoms with E-state index < -0.39 is 29.1 Å². The molecule has 0 bridgehead atoms. The van der Waals surface area contributed by atoms with Crippen molar-refractivity contribution in [3.05, 3.63) is 40.7 Å². The zero-order chi connectivity index (χ0) is 14.0. The maximum Gasteiger partial charge on any atom is 0.357 e. The molecule has 0 saturated heterocycles. The number of hydrogen-bond acceptors (Lipinski definition) is 5. The summed E-state index contributed by atoms with van der Waals surface area (Å²) in [6.07, 6.45) is 0. The van der Waals surface area contributed by atoms with Crippen molar-refractivity contribution in [1.82, 2.24) is 4.98 Å². The van der Waals surface area contributed by atoms with Gasteiger partial charge in [0.2, 0.25) is 0 Å². The zero-order valence-corrected chi connectivity index (χ0v) is 10.4. The number of nitrogens with one attached hydrogen (secondary N) is 1. The van der Waals surface area contributed by atoms with Crippen molar-refractivity contribution in [2.75, 3.05) is 12.4 Å². The lowest BCUT2D eigenvalue weighted by molar-refractivity contribution is 0.0595. The van der Waals surface area contributed by atoms with Crippen molar-refractivity contribution in [2.24, 2.45) is 0 Å². The molecule has 8 heteroatoms. The summed E-state index contributed by atoms with van der Waals surface area (Å²) >= 11 is 0.960. The number of esters is 1. The molecule has 100 valence electrons. The van der Waals surface area contributed by atoms with Crippen molar-refractivity contribution < 1.29 is 22.7 Å². The molecule has 0 atom stereocenters. The molecule has 0 fully saturated rings. The third kappa shape index (κ3) is 2.84. The van der Waals surface area contributed by atoms with Crippen LogP contribution in [0.25, 0.3) is 0 Å². The van der Waals surface area contributed by atoms with Crippen LogP contribution in [0.2, 0.25) is 0 Å². The molecule has 19 heavy (non-hydrogen) atoms. The number of ether oxygens (including phenoxy) is 1. The van der Waals surface area contributed by atoms with Crippen molar-refractivity contribution in [2.45, 2.75) is 0 Å². The largest absolute Gasteiger partial charge is 0.464 e. The number of rotatable bonds is 3. The summed E-state index contributed by atoms with van der Waals surface area (Å²) in [7, 11) is 1.19. The fourth-order valence-electron chi connectivity index (χ4n) is 1.30. The first-order chi connectivity index (χ1) is 9.01. The lowest BCUT2D eigenvalue weighted by Gasteiger charge is -2.05. The number of thiazole rings is 1. The highest BCUT2D eigenvalue weighted by molar-refractivity contribution is 7.14. The van der Waals surface area contributed by atoms with E-state index in [4.69, 9.17) is 0 Å². The first-order valence-corrected chi connectivity index (χ1v) is 5.84. The number of methoxy groups -OCH3 is 1. The Labute approximate surface area is 109 Å². The van der Waals surface area contributed by atoms with Gasteiger partial charge in [0.25, 0.3) is 0 Å². The van der Waals surface area contributed by atoms with E-state index in [1.807, 2.05) is 0 Å². The minimum absolute atomic E-state index is 0.0120. The normalized spacial score (nSPS) is 10.3. The highest BCUT2D eigenvalue weighted by atomic mass is 32.1. The van der Waals surface area contributed by atoms with Crippen LogP contribution in [0.1, 0.15) is 10.5 Å². The molecule has 0 aliphatic carbocycles. The SMILES string of the molecule is COC(=O)c1csc(Nc2c(F)cc(F)cc2F)n1. The smallest absolute Gasteiger partial charge is 0.357 e. The topological polar surface area (TPSA) is 51.2 Å². The summed E-state index contributed by atoms with van der Waals surface area (Å²) in [6.45, 7) is 0. The average Bonchev–Trinajstić information content (AvgIpc) is 2.81. The third-order valence-electron chi connectivity index (χ3n) is 2.14. The Bertz CT molecular complexity index is 607. The summed E-state index contributed by atoms with van der Waals surface area (Å²) in [5, 5.41) is 3.81. The van der Waals surface area contributed by atoms with E-state index in [2.05, 4.69) is 15.0 Å². The molecule has 0 unspecified atom stereocenters. The van der Waals surface area contributed by atoms with Gasteiger partial charge < -0.3 is 10.1 Å². The predicted molar refractivity (Wildman–Crippen MR) is 63.1 cm³/mol. The molecule has 0 spiro atoms. The molecule has 0 saturated carbocycles. The predicted octanol–water partition coefficient (Wildman–Crippen LogP) is 3.09. The van der Waals surface area contributed by atoms with Crippen LogP contribution in [0.15, 0.2) is 17.5 Å². The minimum atomic E-state index is -1.09. The molecule has 0 radical (unpaired) electrons. The molecular formula is C11H7F3N2O2S. The van der Waals surface area contributed by atoms with Crippen LogP contribution < -0.4 is 5.32 Å². The Balaban J connectivity index is 2.27. The molecule has 1 N–H and O–H groups in total. The second-order valence-electron chi connectivity index (χ2n) is 3.40. The van der Waals surface area contributed by atoms with Crippen molar-refractivity contribution in [3.8, 4) is 0 Å². The average molecular weight is 288 g/mol. The summed E-state index contributed by atoms with van der Waals surface area (Å²) in [5.41, 5.74) is -0.523. The van der Waals surface area contributed by atoms with Crippen LogP contribution in [0, 0.1) is 17.5 Å². The standard InChI is InChI=1S/C11H7F3N2O2S/c1-18-10(17)8-4-19-11(15-8)16-9-6(13)2-5(12)3-7(9)14/h2-4H,1H3,(H,15,16). The summed E-state index contributed by atoms with van der Waals surface area (Å²) in [4.78, 5) is 14.9. The Hall–Kier alpha value is -2.09. The molecular weight excluding hydrogens is 281 g/mol. The van der Waals surface area contributed by atoms with Gasteiger partial charge in [-0.05, 0) is 0 Å². The van der Waals surface area contributed by atoms with Crippen LogP contribution in [0.3, 0.4) is 0 Å². The number of hydrogen-bond donors (Lipinski definition) is 1. The van der Waals surface area contributed by atoms with Crippen molar-refractivity contribution in [3.63, 3.8) is 0 Å². The van der Waals surface area contributed by atoms with Gasteiger partial charge in [-0.1, -0.05) is 0 Å². The molecule has 1 aromatic heterocycles. The van der Waals surface area contributed by atoms with Gasteiger partial charge in [-0.2, -0.15) is 0 Å². The Morgan fingerprint density at radius 2 is 1.95 bits per heavy atom. The summed E-state index contributed by atoms with van der Waals surface area (Å²) in [6, 6.07) is 1.08. The summed E-state index contributed by atoms with van der Waals surface area (Å²) in [5.74, 6) is -3.86. The van der Waals surface area contributed by atoms with Crippen molar-refractivity contribution >= 4 is 28.1 Å². The van der Waals surface area contributed by atoms with E-state index in [-0.39, 0.29) is 10.8 Å². The van der Waals surface area contributed by atoms with Crippen molar-refractivity contribution in [1.29, 1.82) is 0 Å². The van der Waals surface area contributed by atoms with E-state index in [0.29, 0.717) is 12.1 Å². The van der Waals surface area contributed by atoms with Gasteiger partial charge in [-0.15, -0.1) is 11.3 Å². The minimum Gasteiger partial charge on any atom is -0.464 e. The first-order valence-electron chi connectivity index (χ1n) is 4.96. The fourth-order valence-corrected chi connectivity index (χ4v) is 1.98. The summed E-state index contributed by atoms with van der Waals surface area (Å²) < 4.78 is 43.9. The van der Waals surface area contributed by atoms with Gasteiger partial charge in [0, 0.05) is 17.5 Å². The molecule has 0 aliphatic rings. The number of benzene rings is 1. The molecule has 0 aliphatic heterocycles. The molecule has 1 aromatic carbocycles. The second-order valence-corrected chi connectivity index (χ2v) is 4.26. The van der Waals surface area contributed by atoms with Crippen LogP contribution in [0.5, 0.6) is 0 Å². The zero-order valence-electron chi connectivity index (χ0n) is 9.54. The molecule has 1 heterocycles. The van der Waals surface area contributed by atoms with Crippen LogP contribution in [-0.4, -0.2) is 18.1 Å². The number of aromatic nitrogens is 1. The van der Waals surface area contributed by atoms with Gasteiger partial charge >= 0.3 is 5.97 Å². The quantitative estimate of drug-likeness (QED) is 0.882. The van der Waals surface area contributed by atoms with E-state index in [1.165, 1.54) is 12.5 Å². The van der Waals surface area contributed by atoms with E-state index in [1.54, 1.807) is 0 Å². The maximum atomic E-state index is 13.4. The van der Waals surface area contributed by atoms with Gasteiger partial charge in [0.05, 0.1) is 7.11 Å². The molecule has 2 aromatic rings. The Morgan fingerprint density at radius 1 is 1.32 bits per heavy atom. The van der Waals surface area contributed by atoms with E-state index in [0.717, 1.165) is 11.3 Å². The monoisotopic (exact) mass is 288 g/mol. The number of carbonyl (C=O) groups excluding carboxylic acids is 1. The van der Waals surface area contributed by atoms with Gasteiger partial charge in [0.1, 0.15) is 11.5 Å². The van der Waals surface area contributed by atoms with E-state index in [9.17, 15) is 18.0 Å². The van der Waals surface area contributed by atoms with Crippen LogP contribution in [-0.2, 0) is 4.74 Å². The fraction of sp³-hybridized carbons (Fsp3) is 0.0909. The Morgan fingerprint density at radius 3 is 2.53 bits per heavy atom. The molecule has 2 rings (SSSR count). The number of anilines is 2. The third-order valence-corrected chi connectivity index (χ3v) is 2.90. The van der Waals surface area contributed by atoms with Gasteiger partial charge in [-0.3, -0.25) is 0 Å². The number of nitrogens with zero attached hydrogens (tertiary/aromatic N) is 1. The number of halogens is 3. The highest BCUT2D eigenvalue weighted by Gasteiger charge is 2.15. The molecule has 0 amide bonds. The van der Waals surface area contributed by atoms with Crippen LogP contribution in [0.4, 0.5) is 24.0 Å². The number of carbonyl (C=O) groups is 1. The lowest BCUT2D eigenvalue weighted by atomic mass is 10.3. The van der Waals surface area contributed by atoms with Gasteiger partial charge in [0.15, 0.2) is 22.5 Å². The van der Waals surface area contributed by atoms with Crippen LogP contribution >= 0.6 is 11.3 Å². The Kier molecular flexibility index (Phi) is 3.70. The highest BCUT2D eigenvalue weighted by Crippen LogP contribution is 2.26. The maximum absolute atomic E-state index is 13.4. The van der Waals surface area contributed by atoms with Gasteiger partial charge in [-0.25, -0.2) is 22.9 Å². The lowest BCUT2D eigenvalue weighted by Crippen LogP contribution is -2.02. The van der Waals surface area contributed by atoms with E-state index >= 15 is 0 Å². The second kappa shape index (κ2) is 5.27.